The van der Waals surface area contributed by atoms with Crippen molar-refractivity contribution >= 4 is 17.7 Å². The molecule has 4 aliphatic rings. The standard InChI is InChI=1S/C23H35NO4/c1-13(25)24-20-12-19-17-6-5-15-11-16(28-14(2)26)7-9-22(15,3)18(17)8-10-23(19,4)21(20)27/h15-20H,5-12H2,1-4H3,(H,24,25)/t15-,16-,17+,18-,19-,20-,22-,23-/m0/s1. The van der Waals surface area contributed by atoms with E-state index in [4.69, 9.17) is 4.74 Å². The van der Waals surface area contributed by atoms with Crippen LogP contribution >= 0.6 is 0 Å². The number of carbonyl (C=O) groups excluding carboxylic acids is 3. The molecule has 0 aromatic rings. The van der Waals surface area contributed by atoms with Crippen molar-refractivity contribution < 1.29 is 19.1 Å². The lowest BCUT2D eigenvalue weighted by atomic mass is 9.45. The Morgan fingerprint density at radius 3 is 2.43 bits per heavy atom. The molecule has 156 valence electrons. The number of carbonyl (C=O) groups is 3. The summed E-state index contributed by atoms with van der Waals surface area (Å²) in [6.45, 7) is 7.64. The van der Waals surface area contributed by atoms with Crippen molar-refractivity contribution in [2.45, 2.75) is 91.2 Å². The minimum absolute atomic E-state index is 0.0817. The van der Waals surface area contributed by atoms with Crippen LogP contribution in [0.15, 0.2) is 0 Å². The average Bonchev–Trinajstić information content (AvgIpc) is 2.86. The number of ketones is 1. The Hall–Kier alpha value is -1.39. The summed E-state index contributed by atoms with van der Waals surface area (Å²) in [5.41, 5.74) is 0.0163. The predicted molar refractivity (Wildman–Crippen MR) is 105 cm³/mol. The molecule has 4 fully saturated rings. The maximum absolute atomic E-state index is 13.1. The number of fused-ring (bicyclic) bond motifs is 5. The molecule has 0 unspecified atom stereocenters. The van der Waals surface area contributed by atoms with Crippen LogP contribution < -0.4 is 5.32 Å². The zero-order chi connectivity index (χ0) is 20.3. The fraction of sp³-hybridized carbons (Fsp3) is 0.870. The first-order chi connectivity index (χ1) is 13.1. The van der Waals surface area contributed by atoms with Gasteiger partial charge in [0.15, 0.2) is 5.78 Å². The molecular formula is C23H35NO4. The van der Waals surface area contributed by atoms with Gasteiger partial charge in [0, 0.05) is 19.3 Å². The van der Waals surface area contributed by atoms with Crippen molar-refractivity contribution in [1.29, 1.82) is 0 Å². The van der Waals surface area contributed by atoms with Crippen molar-refractivity contribution in [1.82, 2.24) is 5.32 Å². The topological polar surface area (TPSA) is 72.5 Å². The molecule has 28 heavy (non-hydrogen) atoms. The Kier molecular flexibility index (Phi) is 4.86. The smallest absolute Gasteiger partial charge is 0.302 e. The minimum Gasteiger partial charge on any atom is -0.463 e. The summed E-state index contributed by atoms with van der Waals surface area (Å²) >= 11 is 0. The van der Waals surface area contributed by atoms with Gasteiger partial charge in [-0.15, -0.1) is 0 Å². The maximum Gasteiger partial charge on any atom is 0.302 e. The summed E-state index contributed by atoms with van der Waals surface area (Å²) in [6, 6.07) is -0.295. The molecule has 4 aliphatic carbocycles. The van der Waals surface area contributed by atoms with Gasteiger partial charge in [-0.3, -0.25) is 14.4 Å². The van der Waals surface area contributed by atoms with Crippen LogP contribution in [0.1, 0.15) is 79.1 Å². The summed E-state index contributed by atoms with van der Waals surface area (Å²) in [6.07, 6.45) is 8.36. The van der Waals surface area contributed by atoms with Crippen LogP contribution in [-0.4, -0.2) is 29.8 Å². The first-order valence-electron chi connectivity index (χ1n) is 11.1. The van der Waals surface area contributed by atoms with Gasteiger partial charge in [0.2, 0.25) is 5.91 Å². The van der Waals surface area contributed by atoms with Crippen LogP contribution in [0.4, 0.5) is 0 Å². The van der Waals surface area contributed by atoms with Crippen LogP contribution in [0.25, 0.3) is 0 Å². The fourth-order valence-corrected chi connectivity index (χ4v) is 7.75. The molecular weight excluding hydrogens is 354 g/mol. The van der Waals surface area contributed by atoms with Gasteiger partial charge >= 0.3 is 5.97 Å². The molecule has 0 bridgehead atoms. The van der Waals surface area contributed by atoms with E-state index in [0.29, 0.717) is 23.7 Å². The molecule has 0 aromatic heterocycles. The first-order valence-corrected chi connectivity index (χ1v) is 11.1. The van der Waals surface area contributed by atoms with Crippen molar-refractivity contribution in [2.24, 2.45) is 34.5 Å². The Balaban J connectivity index is 1.54. The normalized spacial score (nSPS) is 47.5. The molecule has 4 rings (SSSR count). The Labute approximate surface area is 168 Å². The second-order valence-electron chi connectivity index (χ2n) is 10.5. The molecule has 0 heterocycles. The zero-order valence-electron chi connectivity index (χ0n) is 17.8. The Bertz CT molecular complexity index is 690. The third-order valence-corrected chi connectivity index (χ3v) is 9.09. The van der Waals surface area contributed by atoms with E-state index in [1.165, 1.54) is 20.3 Å². The molecule has 0 saturated heterocycles. The summed E-state index contributed by atoms with van der Waals surface area (Å²) in [5.74, 6) is 2.22. The number of rotatable bonds is 2. The molecule has 0 aromatic carbocycles. The lowest BCUT2D eigenvalue weighted by Crippen LogP contribution is -2.54. The van der Waals surface area contributed by atoms with Gasteiger partial charge in [0.1, 0.15) is 6.10 Å². The largest absolute Gasteiger partial charge is 0.463 e. The number of esters is 1. The van der Waals surface area contributed by atoms with Crippen molar-refractivity contribution in [2.75, 3.05) is 0 Å². The molecule has 5 nitrogen and oxygen atoms in total. The monoisotopic (exact) mass is 389 g/mol. The van der Waals surface area contributed by atoms with Gasteiger partial charge in [-0.05, 0) is 80.5 Å². The van der Waals surface area contributed by atoms with Crippen molar-refractivity contribution in [3.63, 3.8) is 0 Å². The zero-order valence-corrected chi connectivity index (χ0v) is 17.8. The van der Waals surface area contributed by atoms with Crippen LogP contribution in [0.3, 0.4) is 0 Å². The van der Waals surface area contributed by atoms with Crippen LogP contribution in [0.5, 0.6) is 0 Å². The summed E-state index contributed by atoms with van der Waals surface area (Å²) in [7, 11) is 0. The molecule has 0 aliphatic heterocycles. The second kappa shape index (κ2) is 6.84. The van der Waals surface area contributed by atoms with E-state index >= 15 is 0 Å². The number of Topliss-reactive ketones (excluding diaryl/α,β-unsaturated/α-hetero) is 1. The summed E-state index contributed by atoms with van der Waals surface area (Å²) in [5, 5.41) is 2.92. The highest BCUT2D eigenvalue weighted by atomic mass is 16.5. The van der Waals surface area contributed by atoms with E-state index in [1.54, 1.807) is 0 Å². The van der Waals surface area contributed by atoms with Gasteiger partial charge in [-0.25, -0.2) is 0 Å². The molecule has 5 heteroatoms. The van der Waals surface area contributed by atoms with E-state index < -0.39 is 0 Å². The molecule has 1 amide bonds. The second-order valence-corrected chi connectivity index (χ2v) is 10.5. The summed E-state index contributed by atoms with van der Waals surface area (Å²) in [4.78, 5) is 36.1. The van der Waals surface area contributed by atoms with Crippen LogP contribution in [0, 0.1) is 34.5 Å². The van der Waals surface area contributed by atoms with E-state index in [-0.39, 0.29) is 40.6 Å². The quantitative estimate of drug-likeness (QED) is 0.732. The third kappa shape index (κ3) is 3.00. The predicted octanol–water partition coefficient (Wildman–Crippen LogP) is 3.64. The van der Waals surface area contributed by atoms with Crippen LogP contribution in [-0.2, 0) is 19.1 Å². The molecule has 0 spiro atoms. The van der Waals surface area contributed by atoms with Gasteiger partial charge < -0.3 is 10.1 Å². The van der Waals surface area contributed by atoms with E-state index in [2.05, 4.69) is 19.2 Å². The third-order valence-electron chi connectivity index (χ3n) is 9.09. The Morgan fingerprint density at radius 2 is 1.75 bits per heavy atom. The highest BCUT2D eigenvalue weighted by molar-refractivity contribution is 5.95. The molecule has 0 radical (unpaired) electrons. The van der Waals surface area contributed by atoms with Crippen LogP contribution in [0.2, 0.25) is 0 Å². The van der Waals surface area contributed by atoms with Gasteiger partial charge in [0.25, 0.3) is 0 Å². The molecule has 1 N–H and O–H groups in total. The lowest BCUT2D eigenvalue weighted by molar-refractivity contribution is -0.160. The number of hydrogen-bond acceptors (Lipinski definition) is 4. The van der Waals surface area contributed by atoms with Crippen molar-refractivity contribution in [3.05, 3.63) is 0 Å². The van der Waals surface area contributed by atoms with E-state index in [1.807, 2.05) is 0 Å². The highest BCUT2D eigenvalue weighted by Crippen LogP contribution is 2.65. The number of nitrogens with one attached hydrogen (secondary N) is 1. The fourth-order valence-electron chi connectivity index (χ4n) is 7.75. The van der Waals surface area contributed by atoms with E-state index in [0.717, 1.165) is 44.9 Å². The number of amides is 1. The van der Waals surface area contributed by atoms with Gasteiger partial charge in [-0.1, -0.05) is 13.8 Å². The molecule has 4 saturated carbocycles. The number of hydrogen-bond donors (Lipinski definition) is 1. The SMILES string of the molecule is CC(=O)N[C@H]1C[C@H]2[C@@H]3CC[C@H]4C[C@@H](OC(C)=O)CC[C@]4(C)[C@H]3CC[C@]2(C)C1=O. The minimum atomic E-state index is -0.295. The summed E-state index contributed by atoms with van der Waals surface area (Å²) < 4.78 is 5.55. The Morgan fingerprint density at radius 1 is 1.00 bits per heavy atom. The highest BCUT2D eigenvalue weighted by Gasteiger charge is 2.62. The van der Waals surface area contributed by atoms with Gasteiger partial charge in [0.05, 0.1) is 6.04 Å². The molecule has 8 atom stereocenters. The lowest BCUT2D eigenvalue weighted by Gasteiger charge is -2.60. The van der Waals surface area contributed by atoms with E-state index in [9.17, 15) is 14.4 Å². The maximum atomic E-state index is 13.1. The first kappa shape index (κ1) is 19.9. The number of ether oxygens (including phenoxy) is 1. The average molecular weight is 390 g/mol. The van der Waals surface area contributed by atoms with Crippen molar-refractivity contribution in [3.8, 4) is 0 Å². The van der Waals surface area contributed by atoms with Gasteiger partial charge in [-0.2, -0.15) is 0 Å².